The number of hydrogen-bond acceptors (Lipinski definition) is 1. The molecule has 1 unspecified atom stereocenters. The van der Waals surface area contributed by atoms with Crippen LogP contribution in [-0.4, -0.2) is 11.2 Å². The van der Waals surface area contributed by atoms with Gasteiger partial charge in [-0.1, -0.05) is 48.6 Å². The molecule has 0 bridgehead atoms. The summed E-state index contributed by atoms with van der Waals surface area (Å²) in [6, 6.07) is 0. The van der Waals surface area contributed by atoms with Crippen molar-refractivity contribution < 1.29 is 5.11 Å². The summed E-state index contributed by atoms with van der Waals surface area (Å²) in [5.74, 6) is 11.0. The minimum Gasteiger partial charge on any atom is -0.393 e. The third-order valence-corrected chi connectivity index (χ3v) is 2.30. The molecule has 0 spiro atoms. The van der Waals surface area contributed by atoms with Crippen molar-refractivity contribution >= 4 is 11.6 Å². The smallest absolute Gasteiger partial charge is 0.0537 e. The minimum absolute atomic E-state index is 0.163. The summed E-state index contributed by atoms with van der Waals surface area (Å²) in [5.41, 5.74) is 1.42. The van der Waals surface area contributed by atoms with Crippen molar-refractivity contribution in [2.45, 2.75) is 38.7 Å². The summed E-state index contributed by atoms with van der Waals surface area (Å²) in [4.78, 5) is 0. The van der Waals surface area contributed by atoms with Crippen molar-refractivity contribution in [3.05, 3.63) is 35.9 Å². The lowest BCUT2D eigenvalue weighted by atomic mass is 10.1. The number of rotatable bonds is 6. The topological polar surface area (TPSA) is 20.2 Å². The van der Waals surface area contributed by atoms with Crippen LogP contribution in [0.15, 0.2) is 35.9 Å². The number of halogens is 1. The first-order chi connectivity index (χ1) is 8.81. The quantitative estimate of drug-likeness (QED) is 0.439. The van der Waals surface area contributed by atoms with E-state index < -0.39 is 0 Å². The molecule has 0 saturated heterocycles. The largest absolute Gasteiger partial charge is 0.393 e. The zero-order chi connectivity index (χ0) is 13.5. The van der Waals surface area contributed by atoms with Gasteiger partial charge in [0.2, 0.25) is 0 Å². The molecule has 0 aromatic heterocycles. The van der Waals surface area contributed by atoms with Crippen LogP contribution in [-0.2, 0) is 0 Å². The second-order valence-electron chi connectivity index (χ2n) is 3.61. The monoisotopic (exact) mass is 262 g/mol. The molecule has 0 amide bonds. The van der Waals surface area contributed by atoms with E-state index in [2.05, 4.69) is 23.7 Å². The fourth-order valence-corrected chi connectivity index (χ4v) is 1.20. The summed E-state index contributed by atoms with van der Waals surface area (Å²) in [6.07, 6.45) is 12.4. The molecule has 18 heavy (non-hydrogen) atoms. The summed E-state index contributed by atoms with van der Waals surface area (Å²) in [5, 5.41) is 9.33. The Kier molecular flexibility index (Phi) is 12.6. The first-order valence-electron chi connectivity index (χ1n) is 6.07. The molecule has 1 atom stereocenters. The van der Waals surface area contributed by atoms with Gasteiger partial charge in [0.15, 0.2) is 0 Å². The Hall–Kier alpha value is -1.41. The van der Waals surface area contributed by atoms with Gasteiger partial charge in [0.05, 0.1) is 6.10 Å². The molecule has 0 radical (unpaired) electrons. The fourth-order valence-electron chi connectivity index (χ4n) is 1.12. The maximum Gasteiger partial charge on any atom is 0.0537 e. The zero-order valence-corrected chi connectivity index (χ0v) is 11.5. The first kappa shape index (κ1) is 16.6. The van der Waals surface area contributed by atoms with Crippen LogP contribution in [0.5, 0.6) is 0 Å². The molecular formula is C16H19ClO. The van der Waals surface area contributed by atoms with Gasteiger partial charge in [-0.25, -0.2) is 0 Å². The highest BCUT2D eigenvalue weighted by atomic mass is 35.5. The average molecular weight is 263 g/mol. The summed E-state index contributed by atoms with van der Waals surface area (Å²) in [6.45, 7) is 1.99. The van der Waals surface area contributed by atoms with Gasteiger partial charge in [0.25, 0.3) is 0 Å². The van der Waals surface area contributed by atoms with Gasteiger partial charge >= 0.3 is 0 Å². The van der Waals surface area contributed by atoms with Crippen molar-refractivity contribution in [2.75, 3.05) is 0 Å². The Morgan fingerprint density at radius 2 is 1.89 bits per heavy atom. The third-order valence-electron chi connectivity index (χ3n) is 2.15. The Morgan fingerprint density at radius 3 is 2.56 bits per heavy atom. The van der Waals surface area contributed by atoms with E-state index >= 15 is 0 Å². The lowest BCUT2D eigenvalue weighted by Crippen LogP contribution is -2.02. The number of unbranched alkanes of at least 4 members (excludes halogenated alkanes) is 1. The summed E-state index contributed by atoms with van der Waals surface area (Å²) in [7, 11) is 0. The molecule has 0 rings (SSSR count). The average Bonchev–Trinajstić information content (AvgIpc) is 2.39. The van der Waals surface area contributed by atoms with Gasteiger partial charge < -0.3 is 5.11 Å². The van der Waals surface area contributed by atoms with Crippen LogP contribution in [0.1, 0.15) is 32.6 Å². The molecule has 96 valence electrons. The van der Waals surface area contributed by atoms with E-state index in [9.17, 15) is 5.11 Å². The molecular weight excluding hydrogens is 244 g/mol. The Balaban J connectivity index is 3.70. The molecule has 0 aromatic carbocycles. The zero-order valence-electron chi connectivity index (χ0n) is 10.7. The van der Waals surface area contributed by atoms with Crippen molar-refractivity contribution in [1.29, 1.82) is 0 Å². The maximum atomic E-state index is 9.33. The molecule has 1 N–H and O–H groups in total. The van der Waals surface area contributed by atoms with E-state index in [4.69, 9.17) is 11.6 Å². The van der Waals surface area contributed by atoms with Gasteiger partial charge in [-0.15, -0.1) is 0 Å². The highest BCUT2D eigenvalue weighted by Crippen LogP contribution is 2.03. The lowest BCUT2D eigenvalue weighted by molar-refractivity contribution is 0.158. The van der Waals surface area contributed by atoms with E-state index in [-0.39, 0.29) is 6.10 Å². The molecule has 0 fully saturated rings. The molecule has 2 heteroatoms. The van der Waals surface area contributed by atoms with Crippen LogP contribution in [0, 0.1) is 23.7 Å². The number of hydrogen-bond donors (Lipinski definition) is 1. The molecule has 0 aliphatic rings. The normalized spacial score (nSPS) is 12.4. The van der Waals surface area contributed by atoms with Crippen LogP contribution in [0.25, 0.3) is 0 Å². The van der Waals surface area contributed by atoms with E-state index in [0.29, 0.717) is 0 Å². The molecule has 0 aromatic rings. The minimum atomic E-state index is -0.163. The SMILES string of the molecule is CCC(O)CCC/C=C\C#CC#C/C=C/C=C/Cl. The Morgan fingerprint density at radius 1 is 1.17 bits per heavy atom. The predicted molar refractivity (Wildman–Crippen MR) is 79.0 cm³/mol. The number of aliphatic hydroxyl groups excluding tert-OH is 1. The molecule has 0 aliphatic carbocycles. The van der Waals surface area contributed by atoms with Crippen molar-refractivity contribution in [1.82, 2.24) is 0 Å². The summed E-state index contributed by atoms with van der Waals surface area (Å²) >= 11 is 5.32. The number of allylic oxidation sites excluding steroid dienone is 5. The van der Waals surface area contributed by atoms with Crippen molar-refractivity contribution in [3.8, 4) is 23.7 Å². The van der Waals surface area contributed by atoms with E-state index in [1.165, 1.54) is 5.54 Å². The van der Waals surface area contributed by atoms with Crippen molar-refractivity contribution in [3.63, 3.8) is 0 Å². The summed E-state index contributed by atoms with van der Waals surface area (Å²) < 4.78 is 0. The fraction of sp³-hybridized carbons (Fsp3) is 0.375. The predicted octanol–water partition coefficient (Wildman–Crippen LogP) is 3.80. The second-order valence-corrected chi connectivity index (χ2v) is 3.86. The van der Waals surface area contributed by atoms with E-state index in [1.54, 1.807) is 24.3 Å². The maximum absolute atomic E-state index is 9.33. The standard InChI is InChI=1S/C16H19ClO/c1-2-16(18)14-12-10-8-6-4-3-5-7-9-11-13-15-17/h6,8-9,11,13,15-16,18H,2,10,12,14H2,1H3/b8-6-,11-9+,15-13+. The van der Waals surface area contributed by atoms with Gasteiger partial charge in [-0.3, -0.25) is 0 Å². The van der Waals surface area contributed by atoms with Crippen LogP contribution < -0.4 is 0 Å². The lowest BCUT2D eigenvalue weighted by Gasteiger charge is -2.04. The highest BCUT2D eigenvalue weighted by Gasteiger charge is 1.97. The molecule has 0 aliphatic heterocycles. The van der Waals surface area contributed by atoms with Crippen LogP contribution in [0.4, 0.5) is 0 Å². The van der Waals surface area contributed by atoms with E-state index in [1.807, 2.05) is 13.0 Å². The van der Waals surface area contributed by atoms with Crippen LogP contribution in [0.3, 0.4) is 0 Å². The van der Waals surface area contributed by atoms with Gasteiger partial charge in [0.1, 0.15) is 0 Å². The number of aliphatic hydroxyl groups is 1. The van der Waals surface area contributed by atoms with Crippen LogP contribution >= 0.6 is 11.6 Å². The van der Waals surface area contributed by atoms with E-state index in [0.717, 1.165) is 25.7 Å². The third kappa shape index (κ3) is 12.7. The second kappa shape index (κ2) is 13.7. The van der Waals surface area contributed by atoms with Gasteiger partial charge in [0, 0.05) is 5.54 Å². The van der Waals surface area contributed by atoms with Gasteiger partial charge in [-0.2, -0.15) is 0 Å². The molecule has 1 nitrogen and oxygen atoms in total. The Labute approximate surface area is 115 Å². The van der Waals surface area contributed by atoms with Crippen LogP contribution in [0.2, 0.25) is 0 Å². The van der Waals surface area contributed by atoms with Crippen molar-refractivity contribution in [2.24, 2.45) is 0 Å². The molecule has 0 saturated carbocycles. The Bertz CT molecular complexity index is 396. The first-order valence-corrected chi connectivity index (χ1v) is 6.51. The van der Waals surface area contributed by atoms with Gasteiger partial charge in [-0.05, 0) is 49.7 Å². The molecule has 0 heterocycles. The highest BCUT2D eigenvalue weighted by molar-refractivity contribution is 6.25.